The minimum Gasteiger partial charge on any atom is -0.463 e. The van der Waals surface area contributed by atoms with Crippen molar-refractivity contribution in [3.05, 3.63) is 88.0 Å². The monoisotopic (exact) mass is 381 g/mol. The Morgan fingerprint density at radius 1 is 1.08 bits per heavy atom. The van der Waals surface area contributed by atoms with Crippen molar-refractivity contribution < 1.29 is 4.42 Å². The van der Waals surface area contributed by atoms with E-state index in [0.717, 1.165) is 40.6 Å². The van der Waals surface area contributed by atoms with Crippen LogP contribution in [-0.4, -0.2) is 9.55 Å². The summed E-state index contributed by atoms with van der Waals surface area (Å²) in [6, 6.07) is 17.4. The van der Waals surface area contributed by atoms with E-state index >= 15 is 0 Å². The van der Waals surface area contributed by atoms with Crippen LogP contribution >= 0.6 is 22.9 Å². The second kappa shape index (κ2) is 7.72. The van der Waals surface area contributed by atoms with Gasteiger partial charge in [-0.2, -0.15) is 0 Å². The Bertz CT molecular complexity index is 1030. The van der Waals surface area contributed by atoms with Gasteiger partial charge in [0, 0.05) is 35.3 Å². The molecule has 3 aromatic heterocycles. The molecule has 0 spiro atoms. The fourth-order valence-corrected chi connectivity index (χ4v) is 3.72. The molecule has 0 aliphatic carbocycles. The van der Waals surface area contributed by atoms with Gasteiger partial charge in [0.25, 0.3) is 0 Å². The van der Waals surface area contributed by atoms with Gasteiger partial charge in [-0.3, -0.25) is 4.98 Å². The minimum absolute atomic E-state index is 0.703. The van der Waals surface area contributed by atoms with E-state index in [2.05, 4.69) is 14.9 Å². The normalized spacial score (nSPS) is 11.8. The van der Waals surface area contributed by atoms with Crippen molar-refractivity contribution in [1.82, 2.24) is 9.55 Å². The fraction of sp³-hybridized carbons (Fsp3) is 0.100. The molecule has 4 nitrogen and oxygen atoms in total. The van der Waals surface area contributed by atoms with Crippen LogP contribution in [0.15, 0.2) is 81.8 Å². The maximum Gasteiger partial charge on any atom is 0.190 e. The Morgan fingerprint density at radius 3 is 2.69 bits per heavy atom. The standard InChI is InChI=1S/C20H16ClN3OS/c21-15-6-8-17(9-7-15)23-20-24(12-10-16-4-1-2-11-22-16)18(14-26-20)19-5-3-13-25-19/h1-9,11,13-14H,10,12H2. The summed E-state index contributed by atoms with van der Waals surface area (Å²) in [7, 11) is 0. The van der Waals surface area contributed by atoms with Crippen LogP contribution in [-0.2, 0) is 13.0 Å². The van der Waals surface area contributed by atoms with E-state index in [1.165, 1.54) is 0 Å². The number of hydrogen-bond donors (Lipinski definition) is 0. The molecule has 0 saturated heterocycles. The topological polar surface area (TPSA) is 43.3 Å². The van der Waals surface area contributed by atoms with Crippen LogP contribution in [0.2, 0.25) is 5.02 Å². The Balaban J connectivity index is 1.73. The van der Waals surface area contributed by atoms with Crippen LogP contribution in [0, 0.1) is 0 Å². The minimum atomic E-state index is 0.703. The van der Waals surface area contributed by atoms with Gasteiger partial charge in [-0.1, -0.05) is 17.7 Å². The molecule has 6 heteroatoms. The fourth-order valence-electron chi connectivity index (χ4n) is 2.66. The van der Waals surface area contributed by atoms with Crippen LogP contribution in [0.5, 0.6) is 0 Å². The van der Waals surface area contributed by atoms with Crippen LogP contribution < -0.4 is 4.80 Å². The van der Waals surface area contributed by atoms with E-state index in [-0.39, 0.29) is 0 Å². The molecule has 0 N–H and O–H groups in total. The molecule has 0 unspecified atom stereocenters. The molecule has 1 aromatic carbocycles. The summed E-state index contributed by atoms with van der Waals surface area (Å²) >= 11 is 7.56. The lowest BCUT2D eigenvalue weighted by Gasteiger charge is -2.07. The van der Waals surface area contributed by atoms with Gasteiger partial charge in [-0.25, -0.2) is 4.99 Å². The van der Waals surface area contributed by atoms with Crippen LogP contribution in [0.25, 0.3) is 11.5 Å². The molecule has 0 atom stereocenters. The van der Waals surface area contributed by atoms with Gasteiger partial charge >= 0.3 is 0 Å². The Labute approximate surface area is 160 Å². The average molecular weight is 382 g/mol. The molecule has 0 saturated carbocycles. The molecule has 130 valence electrons. The number of aromatic nitrogens is 2. The quantitative estimate of drug-likeness (QED) is 0.468. The lowest BCUT2D eigenvalue weighted by Crippen LogP contribution is -2.17. The summed E-state index contributed by atoms with van der Waals surface area (Å²) in [6.45, 7) is 0.767. The van der Waals surface area contributed by atoms with E-state index in [9.17, 15) is 0 Å². The van der Waals surface area contributed by atoms with Gasteiger partial charge in [0.05, 0.1) is 17.6 Å². The first-order chi connectivity index (χ1) is 12.8. The molecule has 0 bridgehead atoms. The third kappa shape index (κ3) is 3.79. The Morgan fingerprint density at radius 2 is 1.96 bits per heavy atom. The zero-order valence-corrected chi connectivity index (χ0v) is 15.5. The van der Waals surface area contributed by atoms with Gasteiger partial charge in [-0.15, -0.1) is 11.3 Å². The number of benzene rings is 1. The molecule has 26 heavy (non-hydrogen) atoms. The summed E-state index contributed by atoms with van der Waals surface area (Å²) in [6.07, 6.45) is 4.32. The molecule has 0 aliphatic heterocycles. The maximum absolute atomic E-state index is 5.97. The largest absolute Gasteiger partial charge is 0.463 e. The zero-order valence-electron chi connectivity index (χ0n) is 13.9. The first-order valence-corrected chi connectivity index (χ1v) is 9.48. The number of halogens is 1. The first-order valence-electron chi connectivity index (χ1n) is 8.22. The number of hydrogen-bond acceptors (Lipinski definition) is 4. The summed E-state index contributed by atoms with van der Waals surface area (Å²) in [4.78, 5) is 10.1. The highest BCUT2D eigenvalue weighted by molar-refractivity contribution is 7.07. The predicted octanol–water partition coefficient (Wildman–Crippen LogP) is 5.33. The highest BCUT2D eigenvalue weighted by Gasteiger charge is 2.11. The molecule has 4 rings (SSSR count). The van der Waals surface area contributed by atoms with Gasteiger partial charge in [0.1, 0.15) is 0 Å². The summed E-state index contributed by atoms with van der Waals surface area (Å²) in [5.41, 5.74) is 2.94. The van der Waals surface area contributed by atoms with Gasteiger partial charge < -0.3 is 8.98 Å². The summed E-state index contributed by atoms with van der Waals surface area (Å²) in [5.74, 6) is 0.833. The Kier molecular flexibility index (Phi) is 5.00. The van der Waals surface area contributed by atoms with Gasteiger partial charge in [-0.05, 0) is 48.5 Å². The summed E-state index contributed by atoms with van der Waals surface area (Å²) in [5, 5.41) is 2.78. The average Bonchev–Trinajstić information content (AvgIpc) is 3.32. The third-order valence-corrected chi connectivity index (χ3v) is 5.06. The lowest BCUT2D eigenvalue weighted by atomic mass is 10.2. The molecule has 0 amide bonds. The van der Waals surface area contributed by atoms with E-state index in [1.807, 2.05) is 60.8 Å². The SMILES string of the molecule is Clc1ccc(N=c2scc(-c3ccco3)n2CCc2ccccn2)cc1. The van der Waals surface area contributed by atoms with Crippen LogP contribution in [0.3, 0.4) is 0 Å². The van der Waals surface area contributed by atoms with E-state index in [4.69, 9.17) is 21.0 Å². The first kappa shape index (κ1) is 16.8. The van der Waals surface area contributed by atoms with Crippen molar-refractivity contribution in [2.24, 2.45) is 4.99 Å². The highest BCUT2D eigenvalue weighted by Crippen LogP contribution is 2.22. The van der Waals surface area contributed by atoms with Crippen LogP contribution in [0.4, 0.5) is 5.69 Å². The molecule has 0 fully saturated rings. The van der Waals surface area contributed by atoms with E-state index < -0.39 is 0 Å². The number of pyridine rings is 1. The van der Waals surface area contributed by atoms with Crippen molar-refractivity contribution in [2.75, 3.05) is 0 Å². The second-order valence-corrected chi connectivity index (χ2v) is 6.96. The van der Waals surface area contributed by atoms with Crippen LogP contribution in [0.1, 0.15) is 5.69 Å². The molecular weight excluding hydrogens is 366 g/mol. The number of thiazole rings is 1. The maximum atomic E-state index is 5.97. The van der Waals surface area contributed by atoms with E-state index in [0.29, 0.717) is 5.02 Å². The van der Waals surface area contributed by atoms with Crippen molar-refractivity contribution in [3.8, 4) is 11.5 Å². The lowest BCUT2D eigenvalue weighted by molar-refractivity contribution is 0.568. The van der Waals surface area contributed by atoms with Gasteiger partial charge in [0.2, 0.25) is 0 Å². The number of nitrogens with zero attached hydrogens (tertiary/aromatic N) is 3. The zero-order chi connectivity index (χ0) is 17.8. The molecule has 0 radical (unpaired) electrons. The molecule has 0 aliphatic rings. The van der Waals surface area contributed by atoms with Crippen molar-refractivity contribution in [2.45, 2.75) is 13.0 Å². The summed E-state index contributed by atoms with van der Waals surface area (Å²) < 4.78 is 7.78. The predicted molar refractivity (Wildman–Crippen MR) is 105 cm³/mol. The second-order valence-electron chi connectivity index (χ2n) is 5.69. The molecule has 4 aromatic rings. The molecule has 3 heterocycles. The molecular formula is C20H16ClN3OS. The number of aryl methyl sites for hydroxylation is 1. The van der Waals surface area contributed by atoms with Crippen molar-refractivity contribution in [3.63, 3.8) is 0 Å². The van der Waals surface area contributed by atoms with E-state index in [1.54, 1.807) is 17.6 Å². The number of rotatable bonds is 5. The Hall–Kier alpha value is -2.63. The number of furan rings is 1. The van der Waals surface area contributed by atoms with Crippen molar-refractivity contribution >= 4 is 28.6 Å². The smallest absolute Gasteiger partial charge is 0.190 e. The highest BCUT2D eigenvalue weighted by atomic mass is 35.5. The van der Waals surface area contributed by atoms with Gasteiger partial charge in [0.15, 0.2) is 10.6 Å². The van der Waals surface area contributed by atoms with Crippen molar-refractivity contribution in [1.29, 1.82) is 0 Å². The third-order valence-electron chi connectivity index (χ3n) is 3.94.